The average Bonchev–Trinajstić information content (AvgIpc) is 1.94. The topological polar surface area (TPSA) is 30.0 Å². The fourth-order valence-electron chi connectivity index (χ4n) is 0.529. The van der Waals surface area contributed by atoms with Gasteiger partial charge in [-0.3, -0.25) is 4.79 Å². The molecule has 11 heavy (non-hydrogen) atoms. The summed E-state index contributed by atoms with van der Waals surface area (Å²) in [6, 6.07) is 1.06. The number of halogens is 3. The molecule has 5 heteroatoms. The number of hydrogen-bond donors (Lipinski definition) is 0. The molecule has 58 valence electrons. The Morgan fingerprint density at radius 1 is 1.73 bits per heavy atom. The molecule has 0 saturated carbocycles. The van der Waals surface area contributed by atoms with Crippen LogP contribution in [0.15, 0.2) is 12.3 Å². The standard InChI is InChI=1S/C6H2ClFINO/c7-5(11)3-1-4(8)6(9)10-2-3/h1-2H. The smallest absolute Gasteiger partial charge is 0.254 e. The van der Waals surface area contributed by atoms with Gasteiger partial charge in [0, 0.05) is 6.20 Å². The Labute approximate surface area is 80.9 Å². The molecule has 0 atom stereocenters. The highest BCUT2D eigenvalue weighted by Gasteiger charge is 2.06. The van der Waals surface area contributed by atoms with E-state index in [1.165, 1.54) is 6.20 Å². The van der Waals surface area contributed by atoms with Crippen LogP contribution < -0.4 is 0 Å². The molecule has 0 bridgehead atoms. The van der Waals surface area contributed by atoms with Gasteiger partial charge in [0.25, 0.3) is 5.24 Å². The van der Waals surface area contributed by atoms with Crippen molar-refractivity contribution in [3.8, 4) is 0 Å². The predicted octanol–water partition coefficient (Wildman–Crippen LogP) is 2.20. The number of carbonyl (C=O) groups excluding carboxylic acids is 1. The Morgan fingerprint density at radius 3 is 2.82 bits per heavy atom. The molecule has 1 aromatic heterocycles. The molecule has 0 aromatic carbocycles. The Bertz CT molecular complexity index is 305. The van der Waals surface area contributed by atoms with Gasteiger partial charge in [-0.25, -0.2) is 9.37 Å². The minimum Gasteiger partial charge on any atom is -0.276 e. The van der Waals surface area contributed by atoms with Crippen LogP contribution in [0.4, 0.5) is 4.39 Å². The first-order valence-electron chi connectivity index (χ1n) is 2.62. The van der Waals surface area contributed by atoms with Gasteiger partial charge >= 0.3 is 0 Å². The molecule has 0 amide bonds. The van der Waals surface area contributed by atoms with Gasteiger partial charge < -0.3 is 0 Å². The largest absolute Gasteiger partial charge is 0.276 e. The zero-order chi connectivity index (χ0) is 8.43. The molecule has 0 radical (unpaired) electrons. The van der Waals surface area contributed by atoms with Gasteiger partial charge in [-0.1, -0.05) is 0 Å². The summed E-state index contributed by atoms with van der Waals surface area (Å²) < 4.78 is 12.9. The van der Waals surface area contributed by atoms with Gasteiger partial charge in [-0.05, 0) is 40.3 Å². The lowest BCUT2D eigenvalue weighted by molar-refractivity contribution is 0.108. The van der Waals surface area contributed by atoms with Crippen molar-refractivity contribution in [2.45, 2.75) is 0 Å². The third-order valence-corrected chi connectivity index (χ3v) is 2.04. The fourth-order valence-corrected chi connectivity index (χ4v) is 0.927. The van der Waals surface area contributed by atoms with Crippen LogP contribution in [0.1, 0.15) is 10.4 Å². The summed E-state index contributed by atoms with van der Waals surface area (Å²) in [6.07, 6.45) is 1.24. The van der Waals surface area contributed by atoms with Crippen molar-refractivity contribution < 1.29 is 9.18 Å². The highest BCUT2D eigenvalue weighted by atomic mass is 127. The summed E-state index contributed by atoms with van der Waals surface area (Å²) >= 11 is 6.80. The summed E-state index contributed by atoms with van der Waals surface area (Å²) in [6.45, 7) is 0. The minimum absolute atomic E-state index is 0.0737. The number of nitrogens with zero attached hydrogens (tertiary/aromatic N) is 1. The molecule has 0 N–H and O–H groups in total. The maximum Gasteiger partial charge on any atom is 0.254 e. The maximum absolute atomic E-state index is 12.7. The van der Waals surface area contributed by atoms with Gasteiger partial charge in [-0.15, -0.1) is 0 Å². The number of hydrogen-bond acceptors (Lipinski definition) is 2. The summed E-state index contributed by atoms with van der Waals surface area (Å²) in [5, 5.41) is -0.701. The third kappa shape index (κ3) is 2.10. The molecule has 0 fully saturated rings. The van der Waals surface area contributed by atoms with Crippen LogP contribution in [0.3, 0.4) is 0 Å². The van der Waals surface area contributed by atoms with Crippen molar-refractivity contribution in [3.63, 3.8) is 0 Å². The van der Waals surface area contributed by atoms with Crippen molar-refractivity contribution >= 4 is 39.4 Å². The zero-order valence-electron chi connectivity index (χ0n) is 5.14. The number of carbonyl (C=O) groups is 1. The van der Waals surface area contributed by atoms with E-state index in [0.717, 1.165) is 6.07 Å². The lowest BCUT2D eigenvalue weighted by Crippen LogP contribution is -1.94. The summed E-state index contributed by atoms with van der Waals surface area (Å²) in [4.78, 5) is 14.1. The quantitative estimate of drug-likeness (QED) is 0.450. The molecule has 0 spiro atoms. The van der Waals surface area contributed by atoms with Crippen LogP contribution in [-0.4, -0.2) is 10.2 Å². The SMILES string of the molecule is O=C(Cl)c1cnc(I)c(F)c1. The predicted molar refractivity (Wildman–Crippen MR) is 47.1 cm³/mol. The van der Waals surface area contributed by atoms with Gasteiger partial charge in [0.15, 0.2) is 5.82 Å². The van der Waals surface area contributed by atoms with Crippen molar-refractivity contribution in [1.29, 1.82) is 0 Å². The molecule has 0 aliphatic heterocycles. The molecule has 0 saturated heterocycles. The number of aromatic nitrogens is 1. The molecular weight excluding hydrogens is 283 g/mol. The van der Waals surface area contributed by atoms with Crippen molar-refractivity contribution in [1.82, 2.24) is 4.98 Å². The van der Waals surface area contributed by atoms with Crippen molar-refractivity contribution in [2.24, 2.45) is 0 Å². The van der Waals surface area contributed by atoms with E-state index in [-0.39, 0.29) is 9.26 Å². The molecule has 0 aliphatic carbocycles. The first kappa shape index (κ1) is 8.86. The fraction of sp³-hybridized carbons (Fsp3) is 0. The summed E-state index contributed by atoms with van der Waals surface area (Å²) in [7, 11) is 0. The molecule has 0 unspecified atom stereocenters. The highest BCUT2D eigenvalue weighted by Crippen LogP contribution is 2.10. The molecule has 1 aromatic rings. The van der Waals surface area contributed by atoms with Crippen molar-refractivity contribution in [3.05, 3.63) is 27.3 Å². The lowest BCUT2D eigenvalue weighted by atomic mass is 10.3. The molecule has 2 nitrogen and oxygen atoms in total. The molecule has 1 rings (SSSR count). The van der Waals surface area contributed by atoms with Gasteiger partial charge in [0.2, 0.25) is 0 Å². The Kier molecular flexibility index (Phi) is 2.78. The van der Waals surface area contributed by atoms with E-state index in [1.807, 2.05) is 0 Å². The van der Waals surface area contributed by atoms with E-state index in [9.17, 15) is 9.18 Å². The second kappa shape index (κ2) is 3.44. The van der Waals surface area contributed by atoms with E-state index < -0.39 is 11.1 Å². The van der Waals surface area contributed by atoms with E-state index in [4.69, 9.17) is 11.6 Å². The molecule has 1 heterocycles. The zero-order valence-corrected chi connectivity index (χ0v) is 8.06. The summed E-state index contributed by atoms with van der Waals surface area (Å²) in [5.74, 6) is -0.530. The van der Waals surface area contributed by atoms with Crippen LogP contribution in [0, 0.1) is 9.52 Å². The van der Waals surface area contributed by atoms with Crippen LogP contribution in [0.25, 0.3) is 0 Å². The van der Waals surface area contributed by atoms with E-state index in [2.05, 4.69) is 4.98 Å². The third-order valence-electron chi connectivity index (χ3n) is 1.02. The number of rotatable bonds is 1. The highest BCUT2D eigenvalue weighted by molar-refractivity contribution is 14.1. The van der Waals surface area contributed by atoms with Crippen LogP contribution >= 0.6 is 34.2 Å². The second-order valence-corrected chi connectivity index (χ2v) is 3.14. The van der Waals surface area contributed by atoms with Crippen LogP contribution in [-0.2, 0) is 0 Å². The Morgan fingerprint density at radius 2 is 2.36 bits per heavy atom. The number of pyridine rings is 1. The Balaban J connectivity index is 3.15. The molecular formula is C6H2ClFINO. The first-order valence-corrected chi connectivity index (χ1v) is 4.08. The second-order valence-electron chi connectivity index (χ2n) is 1.77. The maximum atomic E-state index is 12.7. The average molecular weight is 285 g/mol. The van der Waals surface area contributed by atoms with Gasteiger partial charge in [0.1, 0.15) is 3.70 Å². The van der Waals surface area contributed by atoms with E-state index in [1.54, 1.807) is 22.6 Å². The minimum atomic E-state index is -0.701. The summed E-state index contributed by atoms with van der Waals surface area (Å²) in [5.41, 5.74) is 0.0737. The monoisotopic (exact) mass is 285 g/mol. The normalized spacial score (nSPS) is 9.73. The van der Waals surface area contributed by atoms with Gasteiger partial charge in [-0.2, -0.15) is 0 Å². The van der Waals surface area contributed by atoms with Crippen LogP contribution in [0.5, 0.6) is 0 Å². The van der Waals surface area contributed by atoms with E-state index >= 15 is 0 Å². The first-order chi connectivity index (χ1) is 5.11. The van der Waals surface area contributed by atoms with Crippen molar-refractivity contribution in [2.75, 3.05) is 0 Å². The van der Waals surface area contributed by atoms with Crippen LogP contribution in [0.2, 0.25) is 0 Å². The van der Waals surface area contributed by atoms with Gasteiger partial charge in [0.05, 0.1) is 5.56 Å². The van der Waals surface area contributed by atoms with E-state index in [0.29, 0.717) is 0 Å². The Hall–Kier alpha value is -0.230. The lowest BCUT2D eigenvalue weighted by Gasteiger charge is -1.94. The molecule has 0 aliphatic rings.